The molecule has 1 aromatic rings. The van der Waals surface area contributed by atoms with Crippen molar-refractivity contribution in [3.63, 3.8) is 0 Å². The van der Waals surface area contributed by atoms with Crippen molar-refractivity contribution >= 4 is 5.97 Å². The number of carbonyl (C=O) groups is 1. The van der Waals surface area contributed by atoms with Crippen LogP contribution >= 0.6 is 0 Å². The van der Waals surface area contributed by atoms with Crippen LogP contribution in [0.15, 0.2) is 12.1 Å². The maximum absolute atomic E-state index is 14.3. The zero-order valence-electron chi connectivity index (χ0n) is 14.1. The molecule has 0 radical (unpaired) electrons. The van der Waals surface area contributed by atoms with Crippen molar-refractivity contribution in [3.8, 4) is 5.75 Å². The molecule has 1 saturated heterocycles. The molecule has 24 heavy (non-hydrogen) atoms. The van der Waals surface area contributed by atoms with Crippen LogP contribution in [0.5, 0.6) is 5.75 Å². The molecule has 2 saturated carbocycles. The maximum atomic E-state index is 14.3. The Hall–Kier alpha value is -1.62. The zero-order chi connectivity index (χ0) is 16.7. The van der Waals surface area contributed by atoms with Gasteiger partial charge in [0, 0.05) is 6.07 Å². The highest BCUT2D eigenvalue weighted by atomic mass is 19.1. The van der Waals surface area contributed by atoms with Gasteiger partial charge in [-0.1, -0.05) is 0 Å². The lowest BCUT2D eigenvalue weighted by Gasteiger charge is -2.50. The minimum Gasteiger partial charge on any atom is -0.490 e. The van der Waals surface area contributed by atoms with Gasteiger partial charge in [-0.05, 0) is 74.6 Å². The summed E-state index contributed by atoms with van der Waals surface area (Å²) < 4.78 is 25.1. The molecule has 5 heteroatoms. The Kier molecular flexibility index (Phi) is 3.99. The van der Waals surface area contributed by atoms with E-state index in [4.69, 9.17) is 4.74 Å². The number of hydrogen-bond acceptors (Lipinski definition) is 4. The van der Waals surface area contributed by atoms with Gasteiger partial charge in [0.25, 0.3) is 0 Å². The lowest BCUT2D eigenvalue weighted by atomic mass is 9.62. The predicted molar refractivity (Wildman–Crippen MR) is 87.9 cm³/mol. The van der Waals surface area contributed by atoms with Gasteiger partial charge in [0.15, 0.2) is 0 Å². The molecule has 3 fully saturated rings. The summed E-state index contributed by atoms with van der Waals surface area (Å²) in [5, 5.41) is 3.40. The van der Waals surface area contributed by atoms with E-state index < -0.39 is 11.8 Å². The van der Waals surface area contributed by atoms with Crippen LogP contribution in [0, 0.1) is 11.2 Å². The molecule has 0 amide bonds. The fourth-order valence-electron chi connectivity index (χ4n) is 4.19. The lowest BCUT2D eigenvalue weighted by Crippen LogP contribution is -2.49. The van der Waals surface area contributed by atoms with Crippen LogP contribution in [0.4, 0.5) is 4.39 Å². The lowest BCUT2D eigenvalue weighted by molar-refractivity contribution is -0.0352. The Labute approximate surface area is 141 Å². The van der Waals surface area contributed by atoms with Crippen molar-refractivity contribution in [3.05, 3.63) is 29.1 Å². The Balaban J connectivity index is 1.51. The van der Waals surface area contributed by atoms with E-state index >= 15 is 0 Å². The van der Waals surface area contributed by atoms with E-state index in [1.807, 2.05) is 0 Å². The minimum atomic E-state index is -0.627. The summed E-state index contributed by atoms with van der Waals surface area (Å²) in [7, 11) is 1.27. The van der Waals surface area contributed by atoms with E-state index in [2.05, 4.69) is 10.1 Å². The van der Waals surface area contributed by atoms with Crippen molar-refractivity contribution in [1.82, 2.24) is 5.32 Å². The number of piperidine rings is 1. The number of esters is 1. The van der Waals surface area contributed by atoms with E-state index in [0.717, 1.165) is 44.3 Å². The van der Waals surface area contributed by atoms with Crippen LogP contribution in [0.1, 0.15) is 60.4 Å². The Morgan fingerprint density at radius 2 is 1.96 bits per heavy atom. The molecule has 1 aromatic carbocycles. The summed E-state index contributed by atoms with van der Waals surface area (Å²) in [4.78, 5) is 11.7. The van der Waals surface area contributed by atoms with Crippen LogP contribution in [0.2, 0.25) is 0 Å². The maximum Gasteiger partial charge on any atom is 0.340 e. The molecule has 1 aliphatic heterocycles. The second-order valence-corrected chi connectivity index (χ2v) is 7.53. The molecule has 0 aromatic heterocycles. The van der Waals surface area contributed by atoms with Crippen molar-refractivity contribution < 1.29 is 18.7 Å². The summed E-state index contributed by atoms with van der Waals surface area (Å²) in [6.45, 7) is 2.17. The smallest absolute Gasteiger partial charge is 0.340 e. The number of halogens is 1. The highest BCUT2D eigenvalue weighted by Gasteiger charge is 2.46. The van der Waals surface area contributed by atoms with E-state index in [0.29, 0.717) is 17.1 Å². The van der Waals surface area contributed by atoms with Gasteiger partial charge in [-0.15, -0.1) is 0 Å². The number of rotatable bonds is 4. The average molecular weight is 333 g/mol. The molecule has 4 nitrogen and oxygen atoms in total. The molecule has 1 N–H and O–H groups in total. The van der Waals surface area contributed by atoms with Crippen LogP contribution in [-0.4, -0.2) is 32.3 Å². The van der Waals surface area contributed by atoms with Crippen LogP contribution < -0.4 is 10.1 Å². The molecule has 130 valence electrons. The van der Waals surface area contributed by atoms with Crippen molar-refractivity contribution in [2.24, 2.45) is 5.41 Å². The van der Waals surface area contributed by atoms with E-state index in [1.54, 1.807) is 6.07 Å². The molecule has 0 atom stereocenters. The highest BCUT2D eigenvalue weighted by Crippen LogP contribution is 2.51. The van der Waals surface area contributed by atoms with Crippen molar-refractivity contribution in [2.75, 3.05) is 20.2 Å². The molecule has 1 heterocycles. The fraction of sp³-hybridized carbons (Fsp3) is 0.632. The van der Waals surface area contributed by atoms with E-state index in [1.165, 1.54) is 26.0 Å². The third-order valence-corrected chi connectivity index (χ3v) is 5.80. The topological polar surface area (TPSA) is 47.6 Å². The Morgan fingerprint density at radius 3 is 2.58 bits per heavy atom. The summed E-state index contributed by atoms with van der Waals surface area (Å²) in [6.07, 6.45) is 6.84. The molecule has 0 unspecified atom stereocenters. The average Bonchev–Trinajstić information content (AvgIpc) is 3.39. The van der Waals surface area contributed by atoms with Gasteiger partial charge in [-0.25, -0.2) is 9.18 Å². The highest BCUT2D eigenvalue weighted by molar-refractivity contribution is 5.90. The first-order valence-electron chi connectivity index (χ1n) is 8.89. The van der Waals surface area contributed by atoms with Crippen LogP contribution in [-0.2, 0) is 4.74 Å². The Bertz CT molecular complexity index is 642. The molecule has 1 spiro atoms. The Morgan fingerprint density at radius 1 is 1.25 bits per heavy atom. The summed E-state index contributed by atoms with van der Waals surface area (Å²) in [6, 6.07) is 3.01. The molecular formula is C19H24FNO3. The van der Waals surface area contributed by atoms with Crippen LogP contribution in [0.25, 0.3) is 0 Å². The number of methoxy groups -OCH3 is 1. The van der Waals surface area contributed by atoms with Crippen LogP contribution in [0.3, 0.4) is 0 Å². The molecule has 0 bridgehead atoms. The fourth-order valence-corrected chi connectivity index (χ4v) is 4.19. The quantitative estimate of drug-likeness (QED) is 0.858. The molecular weight excluding hydrogens is 309 g/mol. The first-order valence-corrected chi connectivity index (χ1v) is 8.89. The molecule has 4 rings (SSSR count). The second kappa shape index (κ2) is 6.03. The van der Waals surface area contributed by atoms with Crippen molar-refractivity contribution in [2.45, 2.75) is 50.5 Å². The summed E-state index contributed by atoms with van der Waals surface area (Å²) in [5.74, 6) is -0.177. The van der Waals surface area contributed by atoms with Gasteiger partial charge in [0.2, 0.25) is 0 Å². The number of carbonyl (C=O) groups excluding carboxylic acids is 1. The molecule has 2 aliphatic carbocycles. The van der Waals surface area contributed by atoms with Crippen molar-refractivity contribution in [1.29, 1.82) is 0 Å². The zero-order valence-corrected chi connectivity index (χ0v) is 14.1. The van der Waals surface area contributed by atoms with Gasteiger partial charge in [-0.2, -0.15) is 0 Å². The number of hydrogen-bond donors (Lipinski definition) is 1. The normalized spacial score (nSPS) is 22.9. The third-order valence-electron chi connectivity index (χ3n) is 5.80. The minimum absolute atomic E-state index is 0.00943. The largest absolute Gasteiger partial charge is 0.490 e. The second-order valence-electron chi connectivity index (χ2n) is 7.53. The number of ether oxygens (including phenoxy) is 2. The summed E-state index contributed by atoms with van der Waals surface area (Å²) >= 11 is 0. The van der Waals surface area contributed by atoms with Gasteiger partial charge in [0.1, 0.15) is 11.6 Å². The van der Waals surface area contributed by atoms with Gasteiger partial charge in [-0.3, -0.25) is 0 Å². The van der Waals surface area contributed by atoms with E-state index in [9.17, 15) is 9.18 Å². The SMILES string of the molecule is COC(=O)c1cc(C2CC2)c(OC2CC3(CCNCC3)C2)cc1F. The van der Waals surface area contributed by atoms with Gasteiger partial charge < -0.3 is 14.8 Å². The van der Waals surface area contributed by atoms with E-state index in [-0.39, 0.29) is 11.7 Å². The first kappa shape index (κ1) is 15.9. The van der Waals surface area contributed by atoms with Gasteiger partial charge in [0.05, 0.1) is 18.8 Å². The number of benzene rings is 1. The summed E-state index contributed by atoms with van der Waals surface area (Å²) in [5.41, 5.74) is 1.40. The number of nitrogens with one attached hydrogen (secondary N) is 1. The monoisotopic (exact) mass is 333 g/mol. The third kappa shape index (κ3) is 2.90. The van der Waals surface area contributed by atoms with Gasteiger partial charge >= 0.3 is 5.97 Å². The first-order chi connectivity index (χ1) is 11.6. The molecule has 3 aliphatic rings. The standard InChI is InChI=1S/C19H24FNO3/c1-23-18(22)15-8-14(12-2-3-12)17(9-16(15)20)24-13-10-19(11-13)4-6-21-7-5-19/h8-9,12-13,21H,2-7,10-11H2,1H3. The predicted octanol–water partition coefficient (Wildman–Crippen LogP) is 3.40.